The summed E-state index contributed by atoms with van der Waals surface area (Å²) < 4.78 is 13.7. The largest absolute Gasteiger partial charge is 0.398 e. The van der Waals surface area contributed by atoms with Crippen LogP contribution in [0.2, 0.25) is 0 Å². The Morgan fingerprint density at radius 2 is 2.17 bits per heavy atom. The Kier molecular flexibility index (Phi) is 1.54. The molecule has 2 N–H and O–H groups in total. The first-order valence-electron chi connectivity index (χ1n) is 3.62. The molecular weight excluding hydrogens is 173 g/mol. The third-order valence-electron chi connectivity index (χ3n) is 1.93. The van der Waals surface area contributed by atoms with E-state index in [2.05, 4.69) is 0 Å². The van der Waals surface area contributed by atoms with Crippen LogP contribution in [0.3, 0.4) is 0 Å². The van der Waals surface area contributed by atoms with Gasteiger partial charge in [0.25, 0.3) is 0 Å². The molecule has 0 atom stereocenters. The number of fused-ring (bicyclic) bond motifs is 1. The van der Waals surface area contributed by atoms with Gasteiger partial charge in [0.2, 0.25) is 0 Å². The van der Waals surface area contributed by atoms with E-state index in [1.165, 1.54) is 6.07 Å². The highest BCUT2D eigenvalue weighted by Gasteiger charge is 2.05. The number of thiophene rings is 1. The monoisotopic (exact) mass is 181 g/mol. The number of aryl methyl sites for hydroxylation is 1. The molecule has 0 bridgehead atoms. The fourth-order valence-electron chi connectivity index (χ4n) is 1.21. The van der Waals surface area contributed by atoms with Crippen molar-refractivity contribution in [3.05, 3.63) is 28.9 Å². The van der Waals surface area contributed by atoms with Crippen molar-refractivity contribution < 1.29 is 4.39 Å². The smallest absolute Gasteiger partial charge is 0.177 e. The fraction of sp³-hybridized carbons (Fsp3) is 0.111. The van der Waals surface area contributed by atoms with Crippen LogP contribution in [0, 0.1) is 12.1 Å². The van der Waals surface area contributed by atoms with E-state index < -0.39 is 0 Å². The van der Waals surface area contributed by atoms with Gasteiger partial charge in [-0.3, -0.25) is 0 Å². The Bertz CT molecular complexity index is 433. The minimum Gasteiger partial charge on any atom is -0.398 e. The quantitative estimate of drug-likeness (QED) is 0.621. The van der Waals surface area contributed by atoms with Crippen LogP contribution in [0.25, 0.3) is 10.1 Å². The molecule has 1 aromatic carbocycles. The van der Waals surface area contributed by atoms with Gasteiger partial charge in [0.15, 0.2) is 5.13 Å². The Balaban J connectivity index is 2.89. The van der Waals surface area contributed by atoms with Gasteiger partial charge < -0.3 is 5.73 Å². The van der Waals surface area contributed by atoms with E-state index in [0.29, 0.717) is 5.69 Å². The molecule has 0 unspecified atom stereocenters. The van der Waals surface area contributed by atoms with Crippen LogP contribution in [0.5, 0.6) is 0 Å². The second-order valence-electron chi connectivity index (χ2n) is 2.76. The number of benzene rings is 1. The van der Waals surface area contributed by atoms with Gasteiger partial charge in [-0.05, 0) is 24.6 Å². The van der Waals surface area contributed by atoms with Crippen LogP contribution in [0.4, 0.5) is 10.1 Å². The molecule has 0 spiro atoms. The van der Waals surface area contributed by atoms with Crippen LogP contribution in [-0.4, -0.2) is 0 Å². The van der Waals surface area contributed by atoms with E-state index in [1.807, 2.05) is 19.1 Å². The minimum absolute atomic E-state index is 0.178. The molecule has 0 radical (unpaired) electrons. The van der Waals surface area contributed by atoms with Gasteiger partial charge in [0.05, 0.1) is 0 Å². The highest BCUT2D eigenvalue weighted by molar-refractivity contribution is 7.17. The van der Waals surface area contributed by atoms with Crippen LogP contribution in [-0.2, 0) is 0 Å². The molecule has 0 saturated heterocycles. The van der Waals surface area contributed by atoms with Crippen LogP contribution in [0.15, 0.2) is 18.2 Å². The minimum atomic E-state index is -0.178. The molecule has 0 amide bonds. The number of anilines is 1. The summed E-state index contributed by atoms with van der Waals surface area (Å²) >= 11 is 1.13. The zero-order valence-electron chi connectivity index (χ0n) is 6.60. The average Bonchev–Trinajstić information content (AvgIpc) is 2.39. The summed E-state index contributed by atoms with van der Waals surface area (Å²) in [5, 5.41) is 0.653. The maximum absolute atomic E-state index is 12.8. The molecule has 0 saturated carbocycles. The van der Waals surface area contributed by atoms with Gasteiger partial charge >= 0.3 is 0 Å². The SMILES string of the molecule is Cc1ccc2sc(F)cc2c1N. The third-order valence-corrected chi connectivity index (χ3v) is 2.82. The summed E-state index contributed by atoms with van der Waals surface area (Å²) in [6.45, 7) is 1.92. The van der Waals surface area contributed by atoms with Crippen molar-refractivity contribution in [1.29, 1.82) is 0 Å². The molecule has 12 heavy (non-hydrogen) atoms. The number of nitrogens with two attached hydrogens (primary N) is 1. The van der Waals surface area contributed by atoms with Crippen LogP contribution >= 0.6 is 11.3 Å². The van der Waals surface area contributed by atoms with Gasteiger partial charge in [-0.1, -0.05) is 6.07 Å². The lowest BCUT2D eigenvalue weighted by molar-refractivity contribution is 0.658. The standard InChI is InChI=1S/C9H8FNS/c1-5-2-3-7-6(9(5)11)4-8(10)12-7/h2-4H,11H2,1H3. The second kappa shape index (κ2) is 2.45. The maximum atomic E-state index is 12.8. The molecule has 0 aliphatic carbocycles. The molecule has 62 valence electrons. The maximum Gasteiger partial charge on any atom is 0.177 e. The van der Waals surface area contributed by atoms with Gasteiger partial charge in [-0.15, -0.1) is 11.3 Å². The van der Waals surface area contributed by atoms with Crippen molar-refractivity contribution >= 4 is 27.1 Å². The van der Waals surface area contributed by atoms with E-state index in [0.717, 1.165) is 27.0 Å². The van der Waals surface area contributed by atoms with Crippen molar-refractivity contribution in [3.63, 3.8) is 0 Å². The number of halogens is 1. The predicted octanol–water partition coefficient (Wildman–Crippen LogP) is 2.93. The molecular formula is C9H8FNS. The van der Waals surface area contributed by atoms with Crippen molar-refractivity contribution in [2.75, 3.05) is 5.73 Å². The summed E-state index contributed by atoms with van der Waals surface area (Å²) in [6.07, 6.45) is 0. The topological polar surface area (TPSA) is 26.0 Å². The summed E-state index contributed by atoms with van der Waals surface area (Å²) in [5.41, 5.74) is 7.46. The highest BCUT2D eigenvalue weighted by Crippen LogP contribution is 2.30. The highest BCUT2D eigenvalue weighted by atomic mass is 32.1. The number of nitrogen functional groups attached to an aromatic ring is 1. The molecule has 1 nitrogen and oxygen atoms in total. The Morgan fingerprint density at radius 1 is 1.42 bits per heavy atom. The summed E-state index contributed by atoms with van der Waals surface area (Å²) in [7, 11) is 0. The van der Waals surface area contributed by atoms with Crippen molar-refractivity contribution in [3.8, 4) is 0 Å². The van der Waals surface area contributed by atoms with Gasteiger partial charge in [-0.2, -0.15) is 4.39 Å². The first-order chi connectivity index (χ1) is 5.68. The predicted molar refractivity (Wildman–Crippen MR) is 50.9 cm³/mol. The van der Waals surface area contributed by atoms with E-state index in [-0.39, 0.29) is 5.13 Å². The van der Waals surface area contributed by atoms with Gasteiger partial charge in [-0.25, -0.2) is 0 Å². The van der Waals surface area contributed by atoms with Crippen LogP contribution < -0.4 is 5.73 Å². The lowest BCUT2D eigenvalue weighted by Crippen LogP contribution is -1.88. The Hall–Kier alpha value is -1.09. The number of hydrogen-bond donors (Lipinski definition) is 1. The average molecular weight is 181 g/mol. The first-order valence-corrected chi connectivity index (χ1v) is 4.44. The number of rotatable bonds is 0. The molecule has 2 rings (SSSR count). The first kappa shape index (κ1) is 7.55. The van der Waals surface area contributed by atoms with Crippen LogP contribution in [0.1, 0.15) is 5.56 Å². The summed E-state index contributed by atoms with van der Waals surface area (Å²) in [6, 6.07) is 5.30. The normalized spacial score (nSPS) is 10.8. The molecule has 1 heterocycles. The Labute approximate surface area is 73.6 Å². The fourth-order valence-corrected chi connectivity index (χ4v) is 2.01. The zero-order valence-corrected chi connectivity index (χ0v) is 7.41. The zero-order chi connectivity index (χ0) is 8.72. The van der Waals surface area contributed by atoms with E-state index >= 15 is 0 Å². The number of hydrogen-bond acceptors (Lipinski definition) is 2. The third kappa shape index (κ3) is 0.975. The van der Waals surface area contributed by atoms with E-state index in [1.54, 1.807) is 0 Å². The van der Waals surface area contributed by atoms with Gasteiger partial charge in [0, 0.05) is 15.8 Å². The Morgan fingerprint density at radius 3 is 2.92 bits per heavy atom. The molecule has 3 heteroatoms. The van der Waals surface area contributed by atoms with E-state index in [9.17, 15) is 4.39 Å². The molecule has 0 aliphatic rings. The lowest BCUT2D eigenvalue weighted by atomic mass is 10.1. The van der Waals surface area contributed by atoms with E-state index in [4.69, 9.17) is 5.73 Å². The summed E-state index contributed by atoms with van der Waals surface area (Å²) in [4.78, 5) is 0. The van der Waals surface area contributed by atoms with Crippen molar-refractivity contribution in [2.24, 2.45) is 0 Å². The molecule has 1 aromatic heterocycles. The molecule has 0 fully saturated rings. The van der Waals surface area contributed by atoms with Crippen molar-refractivity contribution in [2.45, 2.75) is 6.92 Å². The van der Waals surface area contributed by atoms with Crippen molar-refractivity contribution in [1.82, 2.24) is 0 Å². The molecule has 0 aliphatic heterocycles. The van der Waals surface area contributed by atoms with Gasteiger partial charge in [0.1, 0.15) is 0 Å². The summed E-state index contributed by atoms with van der Waals surface area (Å²) in [5.74, 6) is 0. The lowest BCUT2D eigenvalue weighted by Gasteiger charge is -1.99. The second-order valence-corrected chi connectivity index (χ2v) is 3.79. The molecule has 2 aromatic rings.